The standard InChI is InChI=1S/C14H23BrN2O2/c1-17(10-12-5-3-4-6-14(12)15)11-13(18)9-16-7-8-19-2/h3-6,13,16,18H,7-11H2,1-2H3. The van der Waals surface area contributed by atoms with E-state index in [9.17, 15) is 5.11 Å². The average molecular weight is 331 g/mol. The summed E-state index contributed by atoms with van der Waals surface area (Å²) in [5.74, 6) is 0. The van der Waals surface area contributed by atoms with Crippen LogP contribution in [-0.2, 0) is 11.3 Å². The molecule has 0 aliphatic carbocycles. The van der Waals surface area contributed by atoms with Crippen LogP contribution in [-0.4, -0.2) is 56.5 Å². The van der Waals surface area contributed by atoms with Crippen LogP contribution in [0, 0.1) is 0 Å². The average Bonchev–Trinajstić information content (AvgIpc) is 2.37. The van der Waals surface area contributed by atoms with E-state index in [0.29, 0.717) is 19.7 Å². The first kappa shape index (κ1) is 16.6. The Morgan fingerprint density at radius 1 is 1.42 bits per heavy atom. The Labute approximate surface area is 123 Å². The third kappa shape index (κ3) is 7.03. The molecule has 0 radical (unpaired) electrons. The maximum Gasteiger partial charge on any atom is 0.0791 e. The number of halogens is 1. The molecule has 0 aliphatic heterocycles. The number of aliphatic hydroxyl groups is 1. The lowest BCUT2D eigenvalue weighted by Gasteiger charge is -2.21. The van der Waals surface area contributed by atoms with E-state index in [1.165, 1.54) is 5.56 Å². The van der Waals surface area contributed by atoms with Crippen LogP contribution in [0.25, 0.3) is 0 Å². The summed E-state index contributed by atoms with van der Waals surface area (Å²) in [5.41, 5.74) is 1.23. The van der Waals surface area contributed by atoms with Crippen molar-refractivity contribution in [2.45, 2.75) is 12.6 Å². The van der Waals surface area contributed by atoms with Crippen LogP contribution in [0.3, 0.4) is 0 Å². The summed E-state index contributed by atoms with van der Waals surface area (Å²) >= 11 is 3.53. The maximum atomic E-state index is 9.91. The van der Waals surface area contributed by atoms with Gasteiger partial charge >= 0.3 is 0 Å². The van der Waals surface area contributed by atoms with Gasteiger partial charge in [-0.3, -0.25) is 4.90 Å². The molecule has 1 aromatic rings. The van der Waals surface area contributed by atoms with Crippen molar-refractivity contribution in [3.8, 4) is 0 Å². The largest absolute Gasteiger partial charge is 0.390 e. The first-order valence-corrected chi connectivity index (χ1v) is 7.22. The SMILES string of the molecule is COCCNCC(O)CN(C)Cc1ccccc1Br. The molecule has 1 aromatic carbocycles. The molecule has 19 heavy (non-hydrogen) atoms. The van der Waals surface area contributed by atoms with Crippen LogP contribution >= 0.6 is 15.9 Å². The third-order valence-corrected chi connectivity index (χ3v) is 3.56. The van der Waals surface area contributed by atoms with E-state index < -0.39 is 0 Å². The summed E-state index contributed by atoms with van der Waals surface area (Å²) in [7, 11) is 3.68. The Morgan fingerprint density at radius 3 is 2.84 bits per heavy atom. The van der Waals surface area contributed by atoms with Crippen molar-refractivity contribution < 1.29 is 9.84 Å². The lowest BCUT2D eigenvalue weighted by molar-refractivity contribution is 0.117. The highest BCUT2D eigenvalue weighted by Crippen LogP contribution is 2.17. The molecule has 2 N–H and O–H groups in total. The maximum absolute atomic E-state index is 9.91. The molecule has 0 amide bonds. The number of nitrogens with zero attached hydrogens (tertiary/aromatic N) is 1. The van der Waals surface area contributed by atoms with Gasteiger partial charge in [0.05, 0.1) is 12.7 Å². The first-order chi connectivity index (χ1) is 9.13. The van der Waals surface area contributed by atoms with Crippen molar-refractivity contribution in [1.29, 1.82) is 0 Å². The number of nitrogens with one attached hydrogen (secondary N) is 1. The summed E-state index contributed by atoms with van der Waals surface area (Å²) in [6.45, 7) is 3.47. The molecular weight excluding hydrogens is 308 g/mol. The van der Waals surface area contributed by atoms with Crippen LogP contribution in [0.2, 0.25) is 0 Å². The highest BCUT2D eigenvalue weighted by molar-refractivity contribution is 9.10. The lowest BCUT2D eigenvalue weighted by Crippen LogP contribution is -2.37. The lowest BCUT2D eigenvalue weighted by atomic mass is 10.2. The van der Waals surface area contributed by atoms with Gasteiger partial charge in [-0.1, -0.05) is 34.1 Å². The normalized spacial score (nSPS) is 12.9. The van der Waals surface area contributed by atoms with Crippen molar-refractivity contribution in [3.63, 3.8) is 0 Å². The van der Waals surface area contributed by atoms with Crippen LogP contribution in [0.1, 0.15) is 5.56 Å². The number of methoxy groups -OCH3 is 1. The van der Waals surface area contributed by atoms with Crippen molar-refractivity contribution >= 4 is 15.9 Å². The van der Waals surface area contributed by atoms with Gasteiger partial charge in [-0.05, 0) is 18.7 Å². The Balaban J connectivity index is 2.26. The second-order valence-corrected chi connectivity index (χ2v) is 5.49. The highest BCUT2D eigenvalue weighted by atomic mass is 79.9. The summed E-state index contributed by atoms with van der Waals surface area (Å²) in [6, 6.07) is 8.15. The minimum Gasteiger partial charge on any atom is -0.390 e. The molecule has 0 saturated heterocycles. The number of ether oxygens (including phenoxy) is 1. The molecule has 0 saturated carbocycles. The fourth-order valence-corrected chi connectivity index (χ4v) is 2.26. The van der Waals surface area contributed by atoms with Gasteiger partial charge in [-0.2, -0.15) is 0 Å². The van der Waals surface area contributed by atoms with Crippen LogP contribution in [0.4, 0.5) is 0 Å². The van der Waals surface area contributed by atoms with Gasteiger partial charge < -0.3 is 15.2 Å². The number of likely N-dealkylation sites (N-methyl/N-ethyl adjacent to an activating group) is 1. The molecule has 0 fully saturated rings. The van der Waals surface area contributed by atoms with E-state index in [2.05, 4.69) is 32.2 Å². The van der Waals surface area contributed by atoms with E-state index in [1.807, 2.05) is 25.2 Å². The zero-order chi connectivity index (χ0) is 14.1. The van der Waals surface area contributed by atoms with E-state index in [-0.39, 0.29) is 6.10 Å². The number of rotatable bonds is 9. The Morgan fingerprint density at radius 2 is 2.16 bits per heavy atom. The smallest absolute Gasteiger partial charge is 0.0791 e. The second-order valence-electron chi connectivity index (χ2n) is 4.64. The van der Waals surface area contributed by atoms with E-state index in [0.717, 1.165) is 17.6 Å². The first-order valence-electron chi connectivity index (χ1n) is 6.43. The molecule has 1 rings (SSSR count). The van der Waals surface area contributed by atoms with Gasteiger partial charge in [0.15, 0.2) is 0 Å². The van der Waals surface area contributed by atoms with Crippen LogP contribution in [0.15, 0.2) is 28.7 Å². The Bertz CT molecular complexity index is 363. The van der Waals surface area contributed by atoms with Gasteiger partial charge in [0.2, 0.25) is 0 Å². The Kier molecular flexibility index (Phi) is 8.25. The van der Waals surface area contributed by atoms with Gasteiger partial charge in [0.25, 0.3) is 0 Å². The topological polar surface area (TPSA) is 44.7 Å². The van der Waals surface area contributed by atoms with Crippen molar-refractivity contribution in [2.24, 2.45) is 0 Å². The summed E-state index contributed by atoms with van der Waals surface area (Å²) in [5, 5.41) is 13.1. The summed E-state index contributed by atoms with van der Waals surface area (Å²) in [6.07, 6.45) is -0.371. The molecule has 4 nitrogen and oxygen atoms in total. The fourth-order valence-electron chi connectivity index (χ4n) is 1.85. The van der Waals surface area contributed by atoms with Crippen LogP contribution in [0.5, 0.6) is 0 Å². The second kappa shape index (κ2) is 9.44. The monoisotopic (exact) mass is 330 g/mol. The molecule has 5 heteroatoms. The van der Waals surface area contributed by atoms with Crippen molar-refractivity contribution in [3.05, 3.63) is 34.3 Å². The Hall–Kier alpha value is -0.460. The predicted octanol–water partition coefficient (Wildman–Crippen LogP) is 1.48. The van der Waals surface area contributed by atoms with E-state index in [4.69, 9.17) is 4.74 Å². The number of hydrogen-bond acceptors (Lipinski definition) is 4. The molecular formula is C14H23BrN2O2. The fraction of sp³-hybridized carbons (Fsp3) is 0.571. The third-order valence-electron chi connectivity index (χ3n) is 2.78. The van der Waals surface area contributed by atoms with Crippen molar-refractivity contribution in [2.75, 3.05) is 40.4 Å². The molecule has 108 valence electrons. The summed E-state index contributed by atoms with van der Waals surface area (Å²) in [4.78, 5) is 2.11. The number of aliphatic hydroxyl groups excluding tert-OH is 1. The molecule has 0 bridgehead atoms. The minimum atomic E-state index is -0.371. The van der Waals surface area contributed by atoms with E-state index >= 15 is 0 Å². The molecule has 1 atom stereocenters. The minimum absolute atomic E-state index is 0.371. The zero-order valence-electron chi connectivity index (χ0n) is 11.6. The molecule has 0 aromatic heterocycles. The van der Waals surface area contributed by atoms with Gasteiger partial charge in [0.1, 0.15) is 0 Å². The zero-order valence-corrected chi connectivity index (χ0v) is 13.2. The predicted molar refractivity (Wildman–Crippen MR) is 81.2 cm³/mol. The molecule has 0 aliphatic rings. The van der Waals surface area contributed by atoms with Gasteiger partial charge in [0, 0.05) is 37.8 Å². The van der Waals surface area contributed by atoms with E-state index in [1.54, 1.807) is 7.11 Å². The van der Waals surface area contributed by atoms with Gasteiger partial charge in [-0.15, -0.1) is 0 Å². The molecule has 0 spiro atoms. The molecule has 0 heterocycles. The quantitative estimate of drug-likeness (QED) is 0.673. The number of hydrogen-bond donors (Lipinski definition) is 2. The number of benzene rings is 1. The summed E-state index contributed by atoms with van der Waals surface area (Å²) < 4.78 is 6.04. The molecule has 1 unspecified atom stereocenters. The highest BCUT2D eigenvalue weighted by Gasteiger charge is 2.09. The van der Waals surface area contributed by atoms with Crippen molar-refractivity contribution in [1.82, 2.24) is 10.2 Å². The van der Waals surface area contributed by atoms with Crippen LogP contribution < -0.4 is 5.32 Å². The van der Waals surface area contributed by atoms with Gasteiger partial charge in [-0.25, -0.2) is 0 Å².